The minimum Gasteiger partial charge on any atom is -0.463 e. The van der Waals surface area contributed by atoms with Gasteiger partial charge in [-0.1, -0.05) is 18.2 Å². The van der Waals surface area contributed by atoms with E-state index in [4.69, 9.17) is 16.2 Å². The number of hydrogen-bond donors (Lipinski definition) is 2. The number of rotatable bonds is 6. The third-order valence-electron chi connectivity index (χ3n) is 4.09. The molecule has 7 nitrogen and oxygen atoms in total. The van der Waals surface area contributed by atoms with Gasteiger partial charge in [0.05, 0.1) is 18.7 Å². The van der Waals surface area contributed by atoms with Crippen molar-refractivity contribution in [1.82, 2.24) is 9.78 Å². The summed E-state index contributed by atoms with van der Waals surface area (Å²) in [4.78, 5) is 23.1. The van der Waals surface area contributed by atoms with Crippen LogP contribution in [0.1, 0.15) is 28.3 Å². The zero-order valence-corrected chi connectivity index (χ0v) is 12.8. The summed E-state index contributed by atoms with van der Waals surface area (Å²) in [6.45, 7) is 0.269. The Morgan fingerprint density at radius 1 is 1.38 bits per heavy atom. The number of nitrogens with zero attached hydrogens (tertiary/aromatic N) is 2. The first-order valence-electron chi connectivity index (χ1n) is 7.51. The Hall–Kier alpha value is -2.90. The monoisotopic (exact) mass is 332 g/mol. The van der Waals surface area contributed by atoms with Crippen LogP contribution >= 0.6 is 0 Å². The number of carbonyl (C=O) groups is 2. The van der Waals surface area contributed by atoms with Crippen LogP contribution in [0.3, 0.4) is 0 Å². The fourth-order valence-electron chi connectivity index (χ4n) is 2.68. The minimum atomic E-state index is -0.665. The molecule has 0 spiro atoms. The predicted molar refractivity (Wildman–Crippen MR) is 83.4 cm³/mol. The van der Waals surface area contributed by atoms with Gasteiger partial charge in [-0.25, -0.2) is 9.07 Å². The van der Waals surface area contributed by atoms with Gasteiger partial charge in [-0.05, 0) is 18.1 Å². The van der Waals surface area contributed by atoms with Crippen LogP contribution in [0.2, 0.25) is 0 Å². The molecule has 8 heteroatoms. The molecule has 0 radical (unpaired) electrons. The Bertz CT molecular complexity index is 789. The predicted octanol–water partition coefficient (Wildman–Crippen LogP) is 1.05. The normalized spacial score (nSPS) is 19.0. The van der Waals surface area contributed by atoms with E-state index in [1.165, 1.54) is 16.9 Å². The summed E-state index contributed by atoms with van der Waals surface area (Å²) in [5.74, 6) is -1.66. The van der Waals surface area contributed by atoms with Crippen LogP contribution in [0.4, 0.5) is 10.2 Å². The first-order chi connectivity index (χ1) is 11.5. The number of nitrogens with two attached hydrogens (primary N) is 2. The Labute approximate surface area is 137 Å². The number of benzene rings is 1. The molecule has 1 fully saturated rings. The first-order valence-corrected chi connectivity index (χ1v) is 7.51. The van der Waals surface area contributed by atoms with E-state index in [9.17, 15) is 14.0 Å². The Balaban J connectivity index is 1.51. The largest absolute Gasteiger partial charge is 0.463 e. The molecule has 2 aromatic rings. The second kappa shape index (κ2) is 6.31. The standard InChI is InChI=1S/C16H17FN4O3/c17-13-4-2-1-3-9(13)10-7-11(10)16(23)24-6-5-21-14(18)12(8-20-21)15(19)22/h1-4,8,10-11H,5-7,18H2,(H2,19,22). The Morgan fingerprint density at radius 3 is 2.79 bits per heavy atom. The van der Waals surface area contributed by atoms with E-state index >= 15 is 0 Å². The smallest absolute Gasteiger partial charge is 0.309 e. The lowest BCUT2D eigenvalue weighted by Crippen LogP contribution is -2.17. The molecule has 1 amide bonds. The maximum Gasteiger partial charge on any atom is 0.309 e. The van der Waals surface area contributed by atoms with Gasteiger partial charge in [-0.3, -0.25) is 9.59 Å². The Morgan fingerprint density at radius 2 is 2.12 bits per heavy atom. The van der Waals surface area contributed by atoms with Crippen molar-refractivity contribution in [3.05, 3.63) is 47.4 Å². The summed E-state index contributed by atoms with van der Waals surface area (Å²) in [6.07, 6.45) is 1.85. The van der Waals surface area contributed by atoms with Crippen LogP contribution in [0.5, 0.6) is 0 Å². The zero-order valence-electron chi connectivity index (χ0n) is 12.8. The number of carbonyl (C=O) groups excluding carboxylic acids is 2. The van der Waals surface area contributed by atoms with Crippen molar-refractivity contribution >= 4 is 17.7 Å². The summed E-state index contributed by atoms with van der Waals surface area (Å²) in [6, 6.07) is 6.43. The van der Waals surface area contributed by atoms with Crippen molar-refractivity contribution in [2.24, 2.45) is 11.7 Å². The van der Waals surface area contributed by atoms with Gasteiger partial charge in [-0.2, -0.15) is 5.10 Å². The molecule has 1 aliphatic rings. The minimum absolute atomic E-state index is 0.0589. The fourth-order valence-corrected chi connectivity index (χ4v) is 2.68. The molecule has 1 saturated carbocycles. The van der Waals surface area contributed by atoms with Gasteiger partial charge in [0, 0.05) is 5.92 Å². The number of anilines is 1. The lowest BCUT2D eigenvalue weighted by molar-refractivity contribution is -0.145. The lowest BCUT2D eigenvalue weighted by Gasteiger charge is -2.07. The number of nitrogen functional groups attached to an aromatic ring is 1. The lowest BCUT2D eigenvalue weighted by atomic mass is 10.1. The molecule has 126 valence electrons. The van der Waals surface area contributed by atoms with Gasteiger partial charge in [0.25, 0.3) is 5.91 Å². The van der Waals surface area contributed by atoms with E-state index in [1.54, 1.807) is 18.2 Å². The highest BCUT2D eigenvalue weighted by molar-refractivity contribution is 5.96. The summed E-state index contributed by atoms with van der Waals surface area (Å²) < 4.78 is 20.2. The third-order valence-corrected chi connectivity index (χ3v) is 4.09. The maximum atomic E-state index is 13.7. The number of esters is 1. The molecule has 1 aliphatic carbocycles. The fraction of sp³-hybridized carbons (Fsp3) is 0.312. The molecular weight excluding hydrogens is 315 g/mol. The molecule has 0 saturated heterocycles. The van der Waals surface area contributed by atoms with E-state index in [1.807, 2.05) is 0 Å². The zero-order chi connectivity index (χ0) is 17.3. The third kappa shape index (κ3) is 3.08. The van der Waals surface area contributed by atoms with Crippen molar-refractivity contribution < 1.29 is 18.7 Å². The molecule has 0 bridgehead atoms. The van der Waals surface area contributed by atoms with Crippen molar-refractivity contribution in [1.29, 1.82) is 0 Å². The first kappa shape index (κ1) is 16.0. The van der Waals surface area contributed by atoms with Crippen LogP contribution in [0.25, 0.3) is 0 Å². The quantitative estimate of drug-likeness (QED) is 0.768. The number of ether oxygens (including phenoxy) is 1. The molecule has 3 rings (SSSR count). The van der Waals surface area contributed by atoms with E-state index < -0.39 is 5.91 Å². The van der Waals surface area contributed by atoms with Crippen LogP contribution in [-0.2, 0) is 16.1 Å². The Kier molecular flexibility index (Phi) is 4.20. The maximum absolute atomic E-state index is 13.7. The van der Waals surface area contributed by atoms with Gasteiger partial charge < -0.3 is 16.2 Å². The SMILES string of the molecule is NC(=O)c1cnn(CCOC(=O)C2CC2c2ccccc2F)c1N. The average Bonchev–Trinajstić information content (AvgIpc) is 3.25. The van der Waals surface area contributed by atoms with Crippen LogP contribution < -0.4 is 11.5 Å². The van der Waals surface area contributed by atoms with Gasteiger partial charge in [-0.15, -0.1) is 0 Å². The summed E-state index contributed by atoms with van der Waals surface area (Å²) >= 11 is 0. The second-order valence-electron chi connectivity index (χ2n) is 5.67. The van der Waals surface area contributed by atoms with Gasteiger partial charge in [0.1, 0.15) is 23.8 Å². The summed E-state index contributed by atoms with van der Waals surface area (Å²) in [5, 5.41) is 3.92. The van der Waals surface area contributed by atoms with E-state index in [-0.39, 0.29) is 48.2 Å². The number of amides is 1. The van der Waals surface area contributed by atoms with Crippen molar-refractivity contribution in [2.75, 3.05) is 12.3 Å². The van der Waals surface area contributed by atoms with Gasteiger partial charge >= 0.3 is 5.97 Å². The highest BCUT2D eigenvalue weighted by Gasteiger charge is 2.46. The summed E-state index contributed by atoms with van der Waals surface area (Å²) in [7, 11) is 0. The summed E-state index contributed by atoms with van der Waals surface area (Å²) in [5.41, 5.74) is 11.5. The van der Waals surface area contributed by atoms with E-state index in [2.05, 4.69) is 5.10 Å². The van der Waals surface area contributed by atoms with Gasteiger partial charge in [0.2, 0.25) is 0 Å². The molecule has 1 heterocycles. The molecule has 1 aromatic heterocycles. The van der Waals surface area contributed by atoms with Gasteiger partial charge in [0.15, 0.2) is 0 Å². The highest BCUT2D eigenvalue weighted by atomic mass is 19.1. The van der Waals surface area contributed by atoms with E-state index in [0.717, 1.165) is 0 Å². The van der Waals surface area contributed by atoms with Crippen molar-refractivity contribution in [3.8, 4) is 0 Å². The van der Waals surface area contributed by atoms with Crippen molar-refractivity contribution in [3.63, 3.8) is 0 Å². The van der Waals surface area contributed by atoms with Crippen molar-refractivity contribution in [2.45, 2.75) is 18.9 Å². The molecule has 4 N–H and O–H groups in total. The molecule has 2 atom stereocenters. The number of hydrogen-bond acceptors (Lipinski definition) is 5. The molecular formula is C16H17FN4O3. The molecule has 0 aliphatic heterocycles. The number of primary amides is 1. The average molecular weight is 332 g/mol. The van der Waals surface area contributed by atoms with Crippen LogP contribution in [0, 0.1) is 11.7 Å². The second-order valence-corrected chi connectivity index (χ2v) is 5.67. The molecule has 2 unspecified atom stereocenters. The number of aromatic nitrogens is 2. The topological polar surface area (TPSA) is 113 Å². The van der Waals surface area contributed by atoms with Crippen LogP contribution in [-0.4, -0.2) is 28.3 Å². The number of halogens is 1. The molecule has 1 aromatic carbocycles. The molecule has 24 heavy (non-hydrogen) atoms. The highest BCUT2D eigenvalue weighted by Crippen LogP contribution is 2.48. The van der Waals surface area contributed by atoms with Crippen LogP contribution in [0.15, 0.2) is 30.5 Å². The van der Waals surface area contributed by atoms with E-state index in [0.29, 0.717) is 12.0 Å².